The maximum atomic E-state index is 13.2. The smallest absolute Gasteiger partial charge is 0.278 e. The molecule has 0 radical (unpaired) electrons. The van der Waals surface area contributed by atoms with Crippen LogP contribution in [0.4, 0.5) is 20.2 Å². The number of ether oxygens (including phenoxy) is 1. The monoisotopic (exact) mass is 422 g/mol. The minimum absolute atomic E-state index is 0.00572. The number of amides is 1. The number of sulfonamides is 1. The summed E-state index contributed by atoms with van der Waals surface area (Å²) in [5.41, 5.74) is 0.0338. The lowest BCUT2D eigenvalue weighted by Crippen LogP contribution is -2.14. The Morgan fingerprint density at radius 1 is 1.07 bits per heavy atom. The molecule has 11 heteroatoms. The normalized spacial score (nSPS) is 11.1. The highest BCUT2D eigenvalue weighted by Gasteiger charge is 2.20. The third-order valence-corrected chi connectivity index (χ3v) is 4.96. The molecule has 3 rings (SSSR count). The number of hydrogen-bond acceptors (Lipinski definition) is 5. The molecule has 0 unspecified atom stereocenters. The highest BCUT2D eigenvalue weighted by Crippen LogP contribution is 2.20. The average molecular weight is 422 g/mol. The van der Waals surface area contributed by atoms with Crippen LogP contribution in [0.3, 0.4) is 0 Å². The summed E-state index contributed by atoms with van der Waals surface area (Å²) in [4.78, 5) is 12.2. The van der Waals surface area contributed by atoms with Crippen molar-refractivity contribution in [1.29, 1.82) is 0 Å². The predicted octanol–water partition coefficient (Wildman–Crippen LogP) is 3.14. The first-order chi connectivity index (χ1) is 13.8. The number of anilines is 2. The second kappa shape index (κ2) is 8.27. The second-order valence-corrected chi connectivity index (χ2v) is 7.41. The van der Waals surface area contributed by atoms with E-state index in [2.05, 4.69) is 20.2 Å². The Morgan fingerprint density at radius 2 is 1.76 bits per heavy atom. The lowest BCUT2D eigenvalue weighted by molar-refractivity contribution is 0.102. The molecule has 0 atom stereocenters. The van der Waals surface area contributed by atoms with E-state index in [0.29, 0.717) is 12.4 Å². The van der Waals surface area contributed by atoms with E-state index in [1.807, 2.05) is 6.92 Å². The molecule has 0 saturated carbocycles. The van der Waals surface area contributed by atoms with Gasteiger partial charge in [0.25, 0.3) is 15.9 Å². The summed E-state index contributed by atoms with van der Waals surface area (Å²) in [7, 11) is -4.03. The zero-order valence-corrected chi connectivity index (χ0v) is 15.9. The lowest BCUT2D eigenvalue weighted by atomic mass is 10.3. The Hall–Kier alpha value is -3.47. The summed E-state index contributed by atoms with van der Waals surface area (Å²) in [6.07, 6.45) is 0. The van der Waals surface area contributed by atoms with E-state index in [1.165, 1.54) is 12.1 Å². The minimum atomic E-state index is -4.03. The van der Waals surface area contributed by atoms with Crippen LogP contribution in [0.2, 0.25) is 0 Å². The standard InChI is InChI=1S/C18H16F2N4O4S/c1-2-28-13-6-3-11(4-7-13)24-29(26,27)17-10-16(22-23-17)18(25)21-12-5-8-14(19)15(20)9-12/h3-10,24H,2H2,1H3,(H,21,25)(H,22,23). The molecule has 3 N–H and O–H groups in total. The zero-order valence-electron chi connectivity index (χ0n) is 15.1. The van der Waals surface area contributed by atoms with E-state index in [0.717, 1.165) is 24.3 Å². The first kappa shape index (κ1) is 20.3. The summed E-state index contributed by atoms with van der Waals surface area (Å²) in [5, 5.41) is 7.88. The number of halogens is 2. The maximum absolute atomic E-state index is 13.2. The second-order valence-electron chi connectivity index (χ2n) is 5.76. The van der Waals surface area contributed by atoms with Crippen molar-refractivity contribution in [2.45, 2.75) is 11.9 Å². The van der Waals surface area contributed by atoms with Crippen LogP contribution < -0.4 is 14.8 Å². The number of carbonyl (C=O) groups is 1. The van der Waals surface area contributed by atoms with Gasteiger partial charge in [-0.3, -0.25) is 14.6 Å². The van der Waals surface area contributed by atoms with Crippen LogP contribution in [0.5, 0.6) is 5.75 Å². The molecule has 0 bridgehead atoms. The lowest BCUT2D eigenvalue weighted by Gasteiger charge is -2.07. The van der Waals surface area contributed by atoms with Gasteiger partial charge < -0.3 is 10.1 Å². The zero-order chi connectivity index (χ0) is 21.0. The van der Waals surface area contributed by atoms with E-state index in [9.17, 15) is 22.0 Å². The van der Waals surface area contributed by atoms with Gasteiger partial charge in [-0.2, -0.15) is 13.5 Å². The Morgan fingerprint density at radius 3 is 2.41 bits per heavy atom. The highest BCUT2D eigenvalue weighted by molar-refractivity contribution is 7.92. The molecule has 152 valence electrons. The molecule has 1 amide bonds. The topological polar surface area (TPSA) is 113 Å². The SMILES string of the molecule is CCOc1ccc(NS(=O)(=O)c2cc(C(=O)Nc3ccc(F)c(F)c3)n[nH]2)cc1. The van der Waals surface area contributed by atoms with E-state index < -0.39 is 27.6 Å². The van der Waals surface area contributed by atoms with E-state index in [4.69, 9.17) is 4.74 Å². The number of nitrogens with zero attached hydrogens (tertiary/aromatic N) is 1. The van der Waals surface area contributed by atoms with Crippen LogP contribution in [0.1, 0.15) is 17.4 Å². The van der Waals surface area contributed by atoms with Crippen LogP contribution in [-0.2, 0) is 10.0 Å². The number of nitrogens with one attached hydrogen (secondary N) is 3. The van der Waals surface area contributed by atoms with E-state index in [1.54, 1.807) is 12.1 Å². The fraction of sp³-hybridized carbons (Fsp3) is 0.111. The molecule has 0 spiro atoms. The molecule has 0 fully saturated rings. The third-order valence-electron chi connectivity index (χ3n) is 3.67. The number of benzene rings is 2. The average Bonchev–Trinajstić information content (AvgIpc) is 3.18. The number of carbonyl (C=O) groups excluding carboxylic acids is 1. The van der Waals surface area contributed by atoms with Crippen LogP contribution in [-0.4, -0.2) is 31.1 Å². The van der Waals surface area contributed by atoms with Gasteiger partial charge in [-0.25, -0.2) is 8.78 Å². The maximum Gasteiger partial charge on any atom is 0.278 e. The number of aromatic amines is 1. The molecule has 0 aliphatic heterocycles. The molecule has 0 saturated heterocycles. The van der Waals surface area contributed by atoms with Gasteiger partial charge >= 0.3 is 0 Å². The Bertz CT molecular complexity index is 1130. The van der Waals surface area contributed by atoms with E-state index >= 15 is 0 Å². The van der Waals surface area contributed by atoms with Crippen molar-refractivity contribution in [1.82, 2.24) is 10.2 Å². The van der Waals surface area contributed by atoms with Crippen LogP contribution in [0, 0.1) is 11.6 Å². The van der Waals surface area contributed by atoms with Crippen LogP contribution in [0.25, 0.3) is 0 Å². The number of rotatable bonds is 7. The van der Waals surface area contributed by atoms with Gasteiger partial charge in [-0.1, -0.05) is 0 Å². The quantitative estimate of drug-likeness (QED) is 0.541. The number of H-pyrrole nitrogens is 1. The molecular weight excluding hydrogens is 406 g/mol. The van der Waals surface area contributed by atoms with Crippen molar-refractivity contribution in [2.75, 3.05) is 16.6 Å². The van der Waals surface area contributed by atoms with Crippen molar-refractivity contribution in [3.8, 4) is 5.75 Å². The largest absolute Gasteiger partial charge is 0.494 e. The summed E-state index contributed by atoms with van der Waals surface area (Å²) in [6, 6.07) is 10.1. The van der Waals surface area contributed by atoms with Crippen molar-refractivity contribution >= 4 is 27.3 Å². The molecular formula is C18H16F2N4O4S. The van der Waals surface area contributed by atoms with Crippen molar-refractivity contribution in [2.24, 2.45) is 0 Å². The summed E-state index contributed by atoms with van der Waals surface area (Å²) in [5.74, 6) is -2.40. The molecule has 0 aliphatic carbocycles. The van der Waals surface area contributed by atoms with E-state index in [-0.39, 0.29) is 22.1 Å². The molecule has 2 aromatic carbocycles. The third kappa shape index (κ3) is 4.88. The molecule has 1 aromatic heterocycles. The molecule has 1 heterocycles. The first-order valence-corrected chi connectivity index (χ1v) is 9.84. The fourth-order valence-corrected chi connectivity index (χ4v) is 3.31. The van der Waals surface area contributed by atoms with Gasteiger partial charge in [0.1, 0.15) is 5.75 Å². The van der Waals surface area contributed by atoms with Crippen molar-refractivity contribution < 1.29 is 26.7 Å². The van der Waals surface area contributed by atoms with Gasteiger partial charge in [0, 0.05) is 23.5 Å². The Kier molecular flexibility index (Phi) is 5.78. The van der Waals surface area contributed by atoms with Gasteiger partial charge in [0.05, 0.1) is 6.61 Å². The fourth-order valence-electron chi connectivity index (χ4n) is 2.32. The summed E-state index contributed by atoms with van der Waals surface area (Å²) < 4.78 is 58.7. The molecule has 0 aliphatic rings. The minimum Gasteiger partial charge on any atom is -0.494 e. The molecule has 3 aromatic rings. The van der Waals surface area contributed by atoms with Crippen LogP contribution >= 0.6 is 0 Å². The Balaban J connectivity index is 1.71. The van der Waals surface area contributed by atoms with Crippen molar-refractivity contribution in [3.05, 3.63) is 65.9 Å². The van der Waals surface area contributed by atoms with Gasteiger partial charge in [-0.05, 0) is 43.3 Å². The number of hydrogen-bond donors (Lipinski definition) is 3. The summed E-state index contributed by atoms with van der Waals surface area (Å²) >= 11 is 0. The first-order valence-electron chi connectivity index (χ1n) is 8.36. The molecule has 29 heavy (non-hydrogen) atoms. The van der Waals surface area contributed by atoms with Gasteiger partial charge in [-0.15, -0.1) is 0 Å². The Labute approximate surface area is 165 Å². The van der Waals surface area contributed by atoms with Crippen molar-refractivity contribution in [3.63, 3.8) is 0 Å². The van der Waals surface area contributed by atoms with Gasteiger partial charge in [0.15, 0.2) is 22.4 Å². The van der Waals surface area contributed by atoms with Gasteiger partial charge in [0.2, 0.25) is 0 Å². The van der Waals surface area contributed by atoms with Crippen LogP contribution in [0.15, 0.2) is 53.6 Å². The molecule has 8 nitrogen and oxygen atoms in total. The predicted molar refractivity (Wildman–Crippen MR) is 101 cm³/mol. The highest BCUT2D eigenvalue weighted by atomic mass is 32.2. The number of aromatic nitrogens is 2. The summed E-state index contributed by atoms with van der Waals surface area (Å²) in [6.45, 7) is 2.31.